The number of nitrogens with two attached hydrogens (primary N) is 1. The summed E-state index contributed by atoms with van der Waals surface area (Å²) in [5.41, 5.74) is 6.49. The predicted molar refractivity (Wildman–Crippen MR) is 70.6 cm³/mol. The van der Waals surface area contributed by atoms with E-state index in [2.05, 4.69) is 4.90 Å². The van der Waals surface area contributed by atoms with Crippen LogP contribution in [0.15, 0.2) is 18.2 Å². The van der Waals surface area contributed by atoms with E-state index >= 15 is 0 Å². The molecule has 1 unspecified atom stereocenters. The number of nitrogens with zero attached hydrogens (tertiary/aromatic N) is 2. The van der Waals surface area contributed by atoms with Gasteiger partial charge in [0.2, 0.25) is 0 Å². The molecule has 5 nitrogen and oxygen atoms in total. The third-order valence-corrected chi connectivity index (χ3v) is 3.62. The van der Waals surface area contributed by atoms with Crippen LogP contribution in [0.3, 0.4) is 0 Å². The molecule has 1 heterocycles. The Labute approximate surface area is 111 Å². The fourth-order valence-electron chi connectivity index (χ4n) is 2.43. The van der Waals surface area contributed by atoms with Crippen molar-refractivity contribution in [3.05, 3.63) is 38.9 Å². The molecule has 0 aromatic heterocycles. The smallest absolute Gasteiger partial charge is 0.275 e. The number of nitro benzene ring substituents is 1. The molecule has 0 spiro atoms. The number of benzene rings is 1. The number of rotatable bonds is 4. The van der Waals surface area contributed by atoms with Gasteiger partial charge in [0.15, 0.2) is 0 Å². The summed E-state index contributed by atoms with van der Waals surface area (Å²) in [6.45, 7) is 2.11. The van der Waals surface area contributed by atoms with Gasteiger partial charge in [0.05, 0.1) is 4.92 Å². The molecule has 1 aliphatic heterocycles. The summed E-state index contributed by atoms with van der Waals surface area (Å²) in [4.78, 5) is 12.8. The van der Waals surface area contributed by atoms with Crippen molar-refractivity contribution in [1.29, 1.82) is 0 Å². The van der Waals surface area contributed by atoms with Crippen LogP contribution in [0.1, 0.15) is 18.4 Å². The monoisotopic (exact) mass is 269 g/mol. The first-order chi connectivity index (χ1) is 8.61. The Morgan fingerprint density at radius 3 is 3.00 bits per heavy atom. The molecule has 1 atom stereocenters. The highest BCUT2D eigenvalue weighted by Crippen LogP contribution is 2.27. The van der Waals surface area contributed by atoms with E-state index in [-0.39, 0.29) is 10.6 Å². The average molecular weight is 270 g/mol. The van der Waals surface area contributed by atoms with Gasteiger partial charge in [0, 0.05) is 35.8 Å². The molecule has 1 aliphatic rings. The molecular weight excluding hydrogens is 254 g/mol. The maximum absolute atomic E-state index is 11.0. The lowest BCUT2D eigenvalue weighted by molar-refractivity contribution is -0.385. The molecule has 2 rings (SSSR count). The number of hydrogen-bond donors (Lipinski definition) is 1. The lowest BCUT2D eigenvalue weighted by atomic mass is 10.1. The minimum Gasteiger partial charge on any atom is -0.329 e. The summed E-state index contributed by atoms with van der Waals surface area (Å²) >= 11 is 5.80. The van der Waals surface area contributed by atoms with Crippen LogP contribution in [0.2, 0.25) is 5.02 Å². The second-order valence-electron chi connectivity index (χ2n) is 4.53. The highest BCUT2D eigenvalue weighted by Gasteiger charge is 2.25. The van der Waals surface area contributed by atoms with Crippen LogP contribution >= 0.6 is 11.6 Å². The molecule has 1 saturated heterocycles. The molecule has 0 radical (unpaired) electrons. The maximum Gasteiger partial charge on any atom is 0.275 e. The Hall–Kier alpha value is -1.17. The summed E-state index contributed by atoms with van der Waals surface area (Å²) in [7, 11) is 0. The third kappa shape index (κ3) is 2.80. The molecule has 6 heteroatoms. The summed E-state index contributed by atoms with van der Waals surface area (Å²) in [6, 6.07) is 5.16. The molecule has 0 saturated carbocycles. The van der Waals surface area contributed by atoms with Crippen LogP contribution in [-0.2, 0) is 6.54 Å². The quantitative estimate of drug-likeness (QED) is 0.672. The number of nitro groups is 1. The zero-order chi connectivity index (χ0) is 13.1. The first kappa shape index (κ1) is 13.3. The second-order valence-corrected chi connectivity index (χ2v) is 4.97. The van der Waals surface area contributed by atoms with Crippen LogP contribution in [0.25, 0.3) is 0 Å². The SMILES string of the molecule is NCC1CCCN1Cc1ccc(Cl)cc1[N+](=O)[O-]. The van der Waals surface area contributed by atoms with Crippen LogP contribution in [-0.4, -0.2) is 29.0 Å². The number of halogens is 1. The van der Waals surface area contributed by atoms with E-state index in [1.807, 2.05) is 0 Å². The minimum absolute atomic E-state index is 0.0881. The molecule has 1 fully saturated rings. The lowest BCUT2D eigenvalue weighted by Gasteiger charge is -2.22. The highest BCUT2D eigenvalue weighted by molar-refractivity contribution is 6.30. The average Bonchev–Trinajstić information content (AvgIpc) is 2.78. The van der Waals surface area contributed by atoms with Crippen molar-refractivity contribution in [3.63, 3.8) is 0 Å². The van der Waals surface area contributed by atoms with Gasteiger partial charge in [-0.25, -0.2) is 0 Å². The second kappa shape index (κ2) is 5.65. The predicted octanol–water partition coefficient (Wildman–Crippen LogP) is 2.17. The highest BCUT2D eigenvalue weighted by atomic mass is 35.5. The maximum atomic E-state index is 11.0. The van der Waals surface area contributed by atoms with Crippen LogP contribution in [0.4, 0.5) is 5.69 Å². The molecule has 1 aromatic carbocycles. The van der Waals surface area contributed by atoms with Crippen LogP contribution in [0, 0.1) is 10.1 Å². The van der Waals surface area contributed by atoms with Crippen molar-refractivity contribution in [2.24, 2.45) is 5.73 Å². The van der Waals surface area contributed by atoms with Crippen molar-refractivity contribution >= 4 is 17.3 Å². The molecule has 18 heavy (non-hydrogen) atoms. The fourth-order valence-corrected chi connectivity index (χ4v) is 2.60. The topological polar surface area (TPSA) is 72.4 Å². The third-order valence-electron chi connectivity index (χ3n) is 3.39. The van der Waals surface area contributed by atoms with Crippen molar-refractivity contribution in [2.45, 2.75) is 25.4 Å². The summed E-state index contributed by atoms with van der Waals surface area (Å²) < 4.78 is 0. The van der Waals surface area contributed by atoms with Crippen molar-refractivity contribution in [1.82, 2.24) is 4.90 Å². The standard InChI is InChI=1S/C12H16ClN3O2/c13-10-4-3-9(12(6-10)16(17)18)8-15-5-1-2-11(15)7-14/h3-4,6,11H,1-2,5,7-8,14H2. The number of hydrogen-bond acceptors (Lipinski definition) is 4. The molecule has 0 bridgehead atoms. The van der Waals surface area contributed by atoms with E-state index in [9.17, 15) is 10.1 Å². The van der Waals surface area contributed by atoms with Gasteiger partial charge in [-0.05, 0) is 31.5 Å². The zero-order valence-electron chi connectivity index (χ0n) is 10.0. The van der Waals surface area contributed by atoms with Crippen LogP contribution < -0.4 is 5.73 Å². The molecule has 1 aromatic rings. The summed E-state index contributed by atoms with van der Waals surface area (Å²) in [6.07, 6.45) is 2.17. The Morgan fingerprint density at radius 2 is 2.33 bits per heavy atom. The Balaban J connectivity index is 2.20. The summed E-state index contributed by atoms with van der Waals surface area (Å²) in [5.74, 6) is 0. The van der Waals surface area contributed by atoms with Gasteiger partial charge in [-0.2, -0.15) is 0 Å². The molecular formula is C12H16ClN3O2. The van der Waals surface area contributed by atoms with Gasteiger partial charge >= 0.3 is 0 Å². The van der Waals surface area contributed by atoms with Gasteiger partial charge in [0.1, 0.15) is 0 Å². The lowest BCUT2D eigenvalue weighted by Crippen LogP contribution is -2.34. The molecule has 2 N–H and O–H groups in total. The van der Waals surface area contributed by atoms with Gasteiger partial charge < -0.3 is 5.73 Å². The van der Waals surface area contributed by atoms with E-state index in [0.29, 0.717) is 29.7 Å². The first-order valence-electron chi connectivity index (χ1n) is 5.98. The van der Waals surface area contributed by atoms with E-state index in [1.54, 1.807) is 12.1 Å². The van der Waals surface area contributed by atoms with Gasteiger partial charge in [-0.15, -0.1) is 0 Å². The van der Waals surface area contributed by atoms with E-state index in [0.717, 1.165) is 19.4 Å². The zero-order valence-corrected chi connectivity index (χ0v) is 10.8. The fraction of sp³-hybridized carbons (Fsp3) is 0.500. The molecule has 98 valence electrons. The minimum atomic E-state index is -0.380. The van der Waals surface area contributed by atoms with E-state index < -0.39 is 0 Å². The van der Waals surface area contributed by atoms with Gasteiger partial charge in [-0.1, -0.05) is 11.6 Å². The largest absolute Gasteiger partial charge is 0.329 e. The number of likely N-dealkylation sites (tertiary alicyclic amines) is 1. The Kier molecular flexibility index (Phi) is 4.16. The van der Waals surface area contributed by atoms with E-state index in [1.165, 1.54) is 6.07 Å². The Bertz CT molecular complexity index is 453. The molecule has 0 amide bonds. The van der Waals surface area contributed by atoms with Crippen LogP contribution in [0.5, 0.6) is 0 Å². The van der Waals surface area contributed by atoms with Crippen molar-refractivity contribution < 1.29 is 4.92 Å². The Morgan fingerprint density at radius 1 is 1.56 bits per heavy atom. The van der Waals surface area contributed by atoms with Gasteiger partial charge in [-0.3, -0.25) is 15.0 Å². The first-order valence-corrected chi connectivity index (χ1v) is 6.36. The van der Waals surface area contributed by atoms with Gasteiger partial charge in [0.25, 0.3) is 5.69 Å². The normalized spacial score (nSPS) is 20.2. The summed E-state index contributed by atoms with van der Waals surface area (Å²) in [5, 5.41) is 11.4. The van der Waals surface area contributed by atoms with Crippen molar-refractivity contribution in [3.8, 4) is 0 Å². The molecule has 0 aliphatic carbocycles. The van der Waals surface area contributed by atoms with Crippen molar-refractivity contribution in [2.75, 3.05) is 13.1 Å². The van der Waals surface area contributed by atoms with E-state index in [4.69, 9.17) is 17.3 Å².